The van der Waals surface area contributed by atoms with Gasteiger partial charge in [0.15, 0.2) is 0 Å². The smallest absolute Gasteiger partial charge is 0.344 e. The van der Waals surface area contributed by atoms with Gasteiger partial charge in [0.2, 0.25) is 12.4 Å². The molecule has 8 heteroatoms. The summed E-state index contributed by atoms with van der Waals surface area (Å²) in [6.45, 7) is -0.625. The van der Waals surface area contributed by atoms with Gasteiger partial charge in [-0.25, -0.2) is 4.79 Å². The normalized spacial score (nSPS) is 10.4. The van der Waals surface area contributed by atoms with Crippen LogP contribution in [0.5, 0.6) is 0 Å². The third-order valence-corrected chi connectivity index (χ3v) is 1.63. The average molecular weight is 242 g/mol. The van der Waals surface area contributed by atoms with Crippen LogP contribution in [0.1, 0.15) is 5.56 Å². The number of benzene rings is 1. The van der Waals surface area contributed by atoms with Gasteiger partial charge in [-0.3, -0.25) is 10.1 Å². The summed E-state index contributed by atoms with van der Waals surface area (Å²) in [6.07, 6.45) is 1.05. The molecule has 0 aromatic heterocycles. The number of halogens is 1. The van der Waals surface area contributed by atoms with E-state index in [-0.39, 0.29) is 5.56 Å². The minimum absolute atomic E-state index is 0.225. The Morgan fingerprint density at radius 3 is 2.94 bits per heavy atom. The SMILES string of the molecule is O=C(O)CO/N=C/c1ccc(F)c([N+](=O)[O-])c1. The first-order chi connectivity index (χ1) is 8.00. The molecule has 0 bridgehead atoms. The summed E-state index contributed by atoms with van der Waals surface area (Å²) in [7, 11) is 0. The first-order valence-corrected chi connectivity index (χ1v) is 4.32. The highest BCUT2D eigenvalue weighted by Gasteiger charge is 2.13. The maximum atomic E-state index is 12.9. The number of hydrogen-bond acceptors (Lipinski definition) is 5. The quantitative estimate of drug-likeness (QED) is 0.474. The number of nitrogens with zero attached hydrogens (tertiary/aromatic N) is 2. The Kier molecular flexibility index (Phi) is 4.09. The van der Waals surface area contributed by atoms with Crippen molar-refractivity contribution >= 4 is 17.9 Å². The maximum absolute atomic E-state index is 12.9. The molecule has 0 unspecified atom stereocenters. The van der Waals surface area contributed by atoms with Crippen molar-refractivity contribution in [2.75, 3.05) is 6.61 Å². The van der Waals surface area contributed by atoms with Crippen molar-refractivity contribution in [3.8, 4) is 0 Å². The minimum Gasteiger partial charge on any atom is -0.479 e. The first kappa shape index (κ1) is 12.6. The first-order valence-electron chi connectivity index (χ1n) is 4.32. The lowest BCUT2D eigenvalue weighted by Gasteiger charge is -1.96. The van der Waals surface area contributed by atoms with Gasteiger partial charge in [-0.05, 0) is 12.1 Å². The largest absolute Gasteiger partial charge is 0.479 e. The van der Waals surface area contributed by atoms with E-state index in [1.807, 2.05) is 0 Å². The molecule has 7 nitrogen and oxygen atoms in total. The van der Waals surface area contributed by atoms with Gasteiger partial charge in [0.05, 0.1) is 11.1 Å². The van der Waals surface area contributed by atoms with Gasteiger partial charge in [0.25, 0.3) is 0 Å². The Morgan fingerprint density at radius 2 is 2.35 bits per heavy atom. The van der Waals surface area contributed by atoms with Crippen LogP contribution in [-0.2, 0) is 9.63 Å². The van der Waals surface area contributed by atoms with Crippen molar-refractivity contribution in [2.24, 2.45) is 5.16 Å². The molecule has 17 heavy (non-hydrogen) atoms. The Hall–Kier alpha value is -2.51. The number of carbonyl (C=O) groups is 1. The summed E-state index contributed by atoms with van der Waals surface area (Å²) in [5.41, 5.74) is -0.462. The van der Waals surface area contributed by atoms with E-state index >= 15 is 0 Å². The van der Waals surface area contributed by atoms with E-state index in [2.05, 4.69) is 9.99 Å². The Bertz CT molecular complexity index is 474. The summed E-state index contributed by atoms with van der Waals surface area (Å²) in [5.74, 6) is -2.16. The zero-order valence-corrected chi connectivity index (χ0v) is 8.37. The van der Waals surface area contributed by atoms with Gasteiger partial charge in [-0.1, -0.05) is 5.16 Å². The summed E-state index contributed by atoms with van der Waals surface area (Å²) in [5, 5.41) is 21.9. The highest BCUT2D eigenvalue weighted by molar-refractivity contribution is 5.80. The predicted octanol–water partition coefficient (Wildman–Crippen LogP) is 1.17. The van der Waals surface area contributed by atoms with E-state index in [4.69, 9.17) is 5.11 Å². The van der Waals surface area contributed by atoms with Crippen LogP contribution in [-0.4, -0.2) is 28.8 Å². The van der Waals surface area contributed by atoms with E-state index in [9.17, 15) is 19.3 Å². The maximum Gasteiger partial charge on any atom is 0.344 e. The molecule has 0 amide bonds. The second-order valence-electron chi connectivity index (χ2n) is 2.87. The van der Waals surface area contributed by atoms with Crippen molar-refractivity contribution < 1.29 is 24.1 Å². The van der Waals surface area contributed by atoms with Crippen LogP contribution < -0.4 is 0 Å². The van der Waals surface area contributed by atoms with Crippen molar-refractivity contribution in [2.45, 2.75) is 0 Å². The fourth-order valence-corrected chi connectivity index (χ4v) is 0.941. The van der Waals surface area contributed by atoms with Gasteiger partial charge >= 0.3 is 11.7 Å². The van der Waals surface area contributed by atoms with Gasteiger partial charge in [0, 0.05) is 11.6 Å². The summed E-state index contributed by atoms with van der Waals surface area (Å²) < 4.78 is 12.9. The van der Waals surface area contributed by atoms with E-state index in [1.165, 1.54) is 6.07 Å². The van der Waals surface area contributed by atoms with Gasteiger partial charge < -0.3 is 9.94 Å². The van der Waals surface area contributed by atoms with Crippen LogP contribution in [0.4, 0.5) is 10.1 Å². The van der Waals surface area contributed by atoms with Crippen molar-refractivity contribution in [1.82, 2.24) is 0 Å². The highest BCUT2D eigenvalue weighted by Crippen LogP contribution is 2.17. The number of oxime groups is 1. The molecule has 1 aromatic rings. The minimum atomic E-state index is -1.20. The fourth-order valence-electron chi connectivity index (χ4n) is 0.941. The van der Waals surface area contributed by atoms with Crippen LogP contribution >= 0.6 is 0 Å². The average Bonchev–Trinajstić information content (AvgIpc) is 2.25. The lowest BCUT2D eigenvalue weighted by molar-refractivity contribution is -0.387. The number of rotatable bonds is 5. The van der Waals surface area contributed by atoms with Crippen LogP contribution in [0, 0.1) is 15.9 Å². The Labute approximate surface area is 94.3 Å². The van der Waals surface area contributed by atoms with Crippen LogP contribution in [0.25, 0.3) is 0 Å². The van der Waals surface area contributed by atoms with Crippen LogP contribution in [0.15, 0.2) is 23.4 Å². The van der Waals surface area contributed by atoms with Gasteiger partial charge in [0.1, 0.15) is 0 Å². The molecule has 1 rings (SSSR count). The van der Waals surface area contributed by atoms with Crippen LogP contribution in [0.3, 0.4) is 0 Å². The van der Waals surface area contributed by atoms with E-state index < -0.39 is 29.0 Å². The van der Waals surface area contributed by atoms with Gasteiger partial charge in [-0.2, -0.15) is 4.39 Å². The molecule has 90 valence electrons. The van der Waals surface area contributed by atoms with Crippen molar-refractivity contribution in [3.05, 3.63) is 39.7 Å². The third-order valence-electron chi connectivity index (χ3n) is 1.63. The van der Waals surface area contributed by atoms with Crippen molar-refractivity contribution in [3.63, 3.8) is 0 Å². The molecule has 0 aliphatic heterocycles. The molecule has 0 fully saturated rings. The summed E-state index contributed by atoms with van der Waals surface area (Å²) in [6, 6.07) is 3.12. The van der Waals surface area contributed by atoms with E-state index in [0.717, 1.165) is 18.3 Å². The molecule has 0 radical (unpaired) electrons. The predicted molar refractivity (Wildman–Crippen MR) is 54.2 cm³/mol. The molecule has 0 aliphatic rings. The topological polar surface area (TPSA) is 102 Å². The lowest BCUT2D eigenvalue weighted by atomic mass is 10.2. The molecule has 1 N–H and O–H groups in total. The number of carboxylic acids is 1. The number of carboxylic acid groups (broad SMARTS) is 1. The fraction of sp³-hybridized carbons (Fsp3) is 0.111. The van der Waals surface area contributed by atoms with Crippen molar-refractivity contribution in [1.29, 1.82) is 0 Å². The number of aliphatic carboxylic acids is 1. The third kappa shape index (κ3) is 3.86. The second kappa shape index (κ2) is 5.54. The molecule has 0 atom stereocenters. The van der Waals surface area contributed by atoms with Gasteiger partial charge in [-0.15, -0.1) is 0 Å². The number of hydrogen-bond donors (Lipinski definition) is 1. The molecule has 1 aromatic carbocycles. The zero-order valence-electron chi connectivity index (χ0n) is 8.37. The molecule has 0 aliphatic carbocycles. The molecule has 0 spiro atoms. The second-order valence-corrected chi connectivity index (χ2v) is 2.87. The Balaban J connectivity index is 2.75. The molecule has 0 saturated heterocycles. The Morgan fingerprint density at radius 1 is 1.65 bits per heavy atom. The van der Waals surface area contributed by atoms with E-state index in [0.29, 0.717) is 0 Å². The number of nitro benzene ring substituents is 1. The standard InChI is InChI=1S/C9H7FN2O5/c10-7-2-1-6(3-8(7)12(15)16)4-11-17-5-9(13)14/h1-4H,5H2,(H,13,14)/b11-4+. The lowest BCUT2D eigenvalue weighted by Crippen LogP contribution is -2.03. The molecule has 0 heterocycles. The monoisotopic (exact) mass is 242 g/mol. The number of nitro groups is 1. The highest BCUT2D eigenvalue weighted by atomic mass is 19.1. The molecule has 0 saturated carbocycles. The molecular formula is C9H7FN2O5. The summed E-state index contributed by atoms with van der Waals surface area (Å²) >= 11 is 0. The van der Waals surface area contributed by atoms with E-state index in [1.54, 1.807) is 0 Å². The molecular weight excluding hydrogens is 235 g/mol. The zero-order chi connectivity index (χ0) is 12.8. The van der Waals surface area contributed by atoms with Crippen LogP contribution in [0.2, 0.25) is 0 Å². The summed E-state index contributed by atoms with van der Waals surface area (Å²) in [4.78, 5) is 23.9.